The molecule has 0 radical (unpaired) electrons. The van der Waals surface area contributed by atoms with Gasteiger partial charge in [0.1, 0.15) is 91.8 Å². The van der Waals surface area contributed by atoms with E-state index in [4.69, 9.17) is 38.3 Å². The van der Waals surface area contributed by atoms with Crippen LogP contribution in [0.15, 0.2) is 89.6 Å². The average molecular weight is 845 g/mol. The van der Waals surface area contributed by atoms with Gasteiger partial charge in [-0.05, 0) is 54.1 Å². The number of esters is 2. The Morgan fingerprint density at radius 3 is 1.93 bits per heavy atom. The Hall–Kier alpha value is -6.17. The number of phenolic OH excluding ortho intramolecular Hbond substituents is 3. The summed E-state index contributed by atoms with van der Waals surface area (Å²) in [5, 5.41) is 113. The van der Waals surface area contributed by atoms with Gasteiger partial charge in [0.15, 0.2) is 23.0 Å². The number of phenols is 3. The van der Waals surface area contributed by atoms with Crippen molar-refractivity contribution in [2.75, 3.05) is 13.2 Å². The molecule has 0 amide bonds. The van der Waals surface area contributed by atoms with Gasteiger partial charge in [-0.1, -0.05) is 6.07 Å². The largest absolute Gasteiger partial charge is 0.508 e. The quantitative estimate of drug-likeness (QED) is 0.0501. The lowest BCUT2D eigenvalue weighted by Crippen LogP contribution is -2.59. The number of carbonyl (C=O) groups is 3. The van der Waals surface area contributed by atoms with Crippen molar-refractivity contribution in [1.29, 1.82) is 0 Å². The molecular formula is C39H40O21. The predicted molar refractivity (Wildman–Crippen MR) is 195 cm³/mol. The zero-order chi connectivity index (χ0) is 43.4. The number of carboxylic acids is 1. The molecule has 4 aliphatic rings. The molecule has 2 fully saturated rings. The minimum atomic E-state index is -1.94. The Bertz CT molecular complexity index is 2090. The lowest BCUT2D eigenvalue weighted by molar-refractivity contribution is -0.292. The average Bonchev–Trinajstić information content (AvgIpc) is 3.20. The second kappa shape index (κ2) is 18.4. The number of benzene rings is 2. The summed E-state index contributed by atoms with van der Waals surface area (Å²) in [4.78, 5) is 35.2. The van der Waals surface area contributed by atoms with E-state index in [0.717, 1.165) is 12.2 Å². The molecule has 60 heavy (non-hydrogen) atoms. The van der Waals surface area contributed by atoms with Crippen molar-refractivity contribution < 1.29 is 104 Å². The highest BCUT2D eigenvalue weighted by atomic mass is 16.7. The molecule has 2 saturated heterocycles. The number of ether oxygens (including phenoxy) is 7. The Morgan fingerprint density at radius 1 is 0.700 bits per heavy atom. The van der Waals surface area contributed by atoms with Crippen LogP contribution in [0.1, 0.15) is 17.5 Å². The summed E-state index contributed by atoms with van der Waals surface area (Å²) in [7, 11) is 0. The molecule has 21 heteroatoms. The van der Waals surface area contributed by atoms with Crippen molar-refractivity contribution in [2.24, 2.45) is 0 Å². The molecule has 0 bridgehead atoms. The number of rotatable bonds is 13. The van der Waals surface area contributed by atoms with Crippen LogP contribution in [-0.2, 0) is 47.5 Å². The number of carboxylic acid groups (broad SMARTS) is 1. The number of aromatic hydroxyl groups is 3. The summed E-state index contributed by atoms with van der Waals surface area (Å²) < 4.78 is 39.5. The number of hydrogen-bond donors (Lipinski definition) is 11. The van der Waals surface area contributed by atoms with E-state index in [2.05, 4.69) is 0 Å². The normalized spacial score (nSPS) is 30.2. The molecule has 322 valence electrons. The fourth-order valence-corrected chi connectivity index (χ4v) is 6.23. The van der Waals surface area contributed by atoms with Crippen LogP contribution in [0.2, 0.25) is 0 Å². The van der Waals surface area contributed by atoms with E-state index in [1.807, 2.05) is 0 Å². The third kappa shape index (κ3) is 9.98. The fraction of sp³-hybridized carbons (Fsp3) is 0.359. The first-order valence-corrected chi connectivity index (χ1v) is 18.0. The van der Waals surface area contributed by atoms with Gasteiger partial charge in [0.25, 0.3) is 0 Å². The second-order valence-electron chi connectivity index (χ2n) is 13.7. The molecule has 3 heterocycles. The SMILES string of the molecule is O=C(O)CC(=O)OCC1OC(OC2=CC(O)=CC3OC(c4ccc(O)cc4)=C(OC4OC(COC(=O)C=Cc5ccc(O)c(O)c5)C(O)C(O)C4O)C=C23)C(O)C(O)C1O. The monoisotopic (exact) mass is 844 g/mol. The lowest BCUT2D eigenvalue weighted by Gasteiger charge is -2.42. The fourth-order valence-electron chi connectivity index (χ4n) is 6.23. The molecular weight excluding hydrogens is 804 g/mol. The third-order valence-electron chi connectivity index (χ3n) is 9.41. The van der Waals surface area contributed by atoms with Crippen molar-refractivity contribution in [3.63, 3.8) is 0 Å². The molecule has 2 aromatic rings. The second-order valence-corrected chi connectivity index (χ2v) is 13.7. The topological polar surface area (TPSA) is 338 Å². The van der Waals surface area contributed by atoms with E-state index >= 15 is 0 Å². The van der Waals surface area contributed by atoms with E-state index in [-0.39, 0.29) is 39.9 Å². The molecule has 11 unspecified atom stereocenters. The first kappa shape index (κ1) is 43.4. The van der Waals surface area contributed by atoms with Crippen LogP contribution in [0.4, 0.5) is 0 Å². The molecule has 1 aliphatic carbocycles. The van der Waals surface area contributed by atoms with Gasteiger partial charge in [0.05, 0.1) is 0 Å². The van der Waals surface area contributed by atoms with Gasteiger partial charge in [0.2, 0.25) is 12.6 Å². The van der Waals surface area contributed by atoms with Gasteiger partial charge in [0, 0.05) is 29.4 Å². The van der Waals surface area contributed by atoms with Gasteiger partial charge in [-0.15, -0.1) is 0 Å². The standard InChI is InChI=1S/C39H40O21/c40-18-5-3-17(4-6-18)37-25(58-39-36(53)34(51)31(48)26(60-39)14-54-29(46)8-2-16-1-7-21(42)22(43)9-16)12-20-23(56-37)10-19(41)11-24(20)57-38-35(52)33(50)32(49)27(59-38)15-55-30(47)13-28(44)45/h1-12,23,26-27,31-36,38-43,48-53H,13-15H2,(H,44,45). The third-order valence-corrected chi connectivity index (χ3v) is 9.41. The highest BCUT2D eigenvalue weighted by Gasteiger charge is 2.48. The lowest BCUT2D eigenvalue weighted by atomic mass is 9.96. The number of carbonyl (C=O) groups excluding carboxylic acids is 2. The van der Waals surface area contributed by atoms with Crippen molar-refractivity contribution in [2.45, 2.75) is 73.9 Å². The summed E-state index contributed by atoms with van der Waals surface area (Å²) in [6, 6.07) is 9.29. The summed E-state index contributed by atoms with van der Waals surface area (Å²) in [5.41, 5.74) is 0.659. The van der Waals surface area contributed by atoms with Crippen LogP contribution >= 0.6 is 0 Å². The number of hydrogen-bond acceptors (Lipinski definition) is 20. The Kier molecular flexibility index (Phi) is 13.3. The van der Waals surface area contributed by atoms with E-state index in [1.165, 1.54) is 60.7 Å². The van der Waals surface area contributed by atoms with Crippen LogP contribution in [-0.4, -0.2) is 155 Å². The van der Waals surface area contributed by atoms with Crippen LogP contribution in [0, 0.1) is 0 Å². The molecule has 21 nitrogen and oxygen atoms in total. The Labute approximate surface area is 338 Å². The molecule has 11 atom stereocenters. The van der Waals surface area contributed by atoms with E-state index < -0.39 is 117 Å². The van der Waals surface area contributed by atoms with Gasteiger partial charge in [-0.25, -0.2) is 4.79 Å². The maximum atomic E-state index is 12.5. The summed E-state index contributed by atoms with van der Waals surface area (Å²) in [5.74, 6) is -5.50. The van der Waals surface area contributed by atoms with Gasteiger partial charge >= 0.3 is 17.9 Å². The van der Waals surface area contributed by atoms with Crippen molar-refractivity contribution >= 4 is 29.7 Å². The minimum Gasteiger partial charge on any atom is -0.508 e. The zero-order valence-corrected chi connectivity index (χ0v) is 30.9. The predicted octanol–water partition coefficient (Wildman–Crippen LogP) is -0.941. The molecule has 3 aliphatic heterocycles. The first-order chi connectivity index (χ1) is 28.5. The maximum Gasteiger partial charge on any atom is 0.330 e. The van der Waals surface area contributed by atoms with Gasteiger partial charge in [-0.2, -0.15) is 0 Å². The van der Waals surface area contributed by atoms with Gasteiger partial charge < -0.3 is 89.3 Å². The zero-order valence-electron chi connectivity index (χ0n) is 30.9. The van der Waals surface area contributed by atoms with E-state index in [0.29, 0.717) is 5.56 Å². The Morgan fingerprint density at radius 2 is 1.32 bits per heavy atom. The van der Waals surface area contributed by atoms with Crippen molar-refractivity contribution in [1.82, 2.24) is 0 Å². The number of allylic oxidation sites excluding steroid dienone is 2. The number of aliphatic hydroxyl groups is 7. The van der Waals surface area contributed by atoms with Crippen LogP contribution < -0.4 is 0 Å². The highest BCUT2D eigenvalue weighted by molar-refractivity contribution is 5.90. The van der Waals surface area contributed by atoms with Crippen molar-refractivity contribution in [3.8, 4) is 17.2 Å². The first-order valence-electron chi connectivity index (χ1n) is 18.0. The summed E-state index contributed by atoms with van der Waals surface area (Å²) in [6.07, 6.45) is -14.3. The molecule has 0 aromatic heterocycles. The number of aliphatic carboxylic acids is 1. The summed E-state index contributed by atoms with van der Waals surface area (Å²) in [6.45, 7) is -1.41. The molecule has 2 aromatic carbocycles. The molecule has 6 rings (SSSR count). The number of fused-ring (bicyclic) bond motifs is 1. The summed E-state index contributed by atoms with van der Waals surface area (Å²) >= 11 is 0. The van der Waals surface area contributed by atoms with Gasteiger partial charge in [-0.3, -0.25) is 9.59 Å². The van der Waals surface area contributed by atoms with E-state index in [1.54, 1.807) is 0 Å². The molecule has 0 spiro atoms. The smallest absolute Gasteiger partial charge is 0.330 e. The van der Waals surface area contributed by atoms with Crippen LogP contribution in [0.3, 0.4) is 0 Å². The molecule has 0 saturated carbocycles. The Balaban J connectivity index is 1.24. The minimum absolute atomic E-state index is 0.0521. The van der Waals surface area contributed by atoms with Crippen LogP contribution in [0.5, 0.6) is 17.2 Å². The number of aliphatic hydroxyl groups excluding tert-OH is 7. The maximum absolute atomic E-state index is 12.5. The van der Waals surface area contributed by atoms with E-state index in [9.17, 15) is 65.4 Å². The van der Waals surface area contributed by atoms with Crippen LogP contribution in [0.25, 0.3) is 11.8 Å². The highest BCUT2D eigenvalue weighted by Crippen LogP contribution is 2.40. The van der Waals surface area contributed by atoms with Crippen molar-refractivity contribution in [3.05, 3.63) is 101 Å². The molecule has 11 N–H and O–H groups in total.